The van der Waals surface area contributed by atoms with Crippen molar-refractivity contribution < 1.29 is 24.1 Å². The first-order chi connectivity index (χ1) is 12.6. The maximum Gasteiger partial charge on any atom is 0.260 e. The number of aromatic nitrogens is 1. The van der Waals surface area contributed by atoms with Crippen LogP contribution in [-0.4, -0.2) is 37.3 Å². The molecule has 0 saturated heterocycles. The summed E-state index contributed by atoms with van der Waals surface area (Å²) in [6, 6.07) is 11.7. The number of hydrogen-bond acceptors (Lipinski definition) is 6. The van der Waals surface area contributed by atoms with Crippen molar-refractivity contribution in [2.45, 2.75) is 0 Å². The summed E-state index contributed by atoms with van der Waals surface area (Å²) in [4.78, 5) is 17.0. The first kappa shape index (κ1) is 17.3. The van der Waals surface area contributed by atoms with Crippen molar-refractivity contribution in [1.29, 1.82) is 0 Å². The number of nitrogens with one attached hydrogen (secondary N) is 1. The molecule has 26 heavy (non-hydrogen) atoms. The average Bonchev–Trinajstić information content (AvgIpc) is 2.67. The number of phenolic OH excluding ortho intramolecular Hbond substituents is 1. The van der Waals surface area contributed by atoms with Gasteiger partial charge in [-0.2, -0.15) is 0 Å². The zero-order valence-corrected chi connectivity index (χ0v) is 14.6. The molecule has 0 saturated carbocycles. The van der Waals surface area contributed by atoms with Crippen LogP contribution in [0.2, 0.25) is 0 Å². The van der Waals surface area contributed by atoms with Crippen molar-refractivity contribution in [3.63, 3.8) is 0 Å². The van der Waals surface area contributed by atoms with Crippen LogP contribution >= 0.6 is 0 Å². The Morgan fingerprint density at radius 1 is 0.962 bits per heavy atom. The standard InChI is InChI=1S/C19H18N2O5/c1-24-14-9-8-12(17(25-2)18(14)26-3)19(23)21-15-10-7-11-5-4-6-13(22)16(11)20-15/h4-10,22H,1-3H3,(H,20,21,23). The van der Waals surface area contributed by atoms with Crippen molar-refractivity contribution in [2.24, 2.45) is 0 Å². The highest BCUT2D eigenvalue weighted by atomic mass is 16.5. The van der Waals surface area contributed by atoms with Gasteiger partial charge in [-0.25, -0.2) is 4.98 Å². The Balaban J connectivity index is 1.97. The fourth-order valence-corrected chi connectivity index (χ4v) is 2.66. The Labute approximate surface area is 150 Å². The van der Waals surface area contributed by atoms with Crippen molar-refractivity contribution in [2.75, 3.05) is 26.6 Å². The minimum atomic E-state index is -0.426. The minimum absolute atomic E-state index is 0.0438. The van der Waals surface area contributed by atoms with E-state index in [-0.39, 0.29) is 17.1 Å². The molecule has 7 heteroatoms. The topological polar surface area (TPSA) is 89.9 Å². The summed E-state index contributed by atoms with van der Waals surface area (Å²) in [5.41, 5.74) is 0.675. The van der Waals surface area contributed by atoms with Crippen LogP contribution in [0.3, 0.4) is 0 Å². The van der Waals surface area contributed by atoms with Crippen LogP contribution in [0.4, 0.5) is 5.82 Å². The number of fused-ring (bicyclic) bond motifs is 1. The monoisotopic (exact) mass is 354 g/mol. The van der Waals surface area contributed by atoms with E-state index in [4.69, 9.17) is 14.2 Å². The molecule has 0 aliphatic rings. The largest absolute Gasteiger partial charge is 0.506 e. The highest BCUT2D eigenvalue weighted by Gasteiger charge is 2.21. The number of methoxy groups -OCH3 is 3. The van der Waals surface area contributed by atoms with Crippen LogP contribution in [0.5, 0.6) is 23.0 Å². The second kappa shape index (κ2) is 7.18. The summed E-state index contributed by atoms with van der Waals surface area (Å²) in [6.07, 6.45) is 0. The van der Waals surface area contributed by atoms with Gasteiger partial charge in [-0.05, 0) is 30.3 Å². The van der Waals surface area contributed by atoms with Gasteiger partial charge in [0.25, 0.3) is 5.91 Å². The molecule has 134 valence electrons. The van der Waals surface area contributed by atoms with E-state index in [1.165, 1.54) is 27.4 Å². The summed E-state index contributed by atoms with van der Waals surface area (Å²) in [6.45, 7) is 0. The number of pyridine rings is 1. The number of ether oxygens (including phenoxy) is 3. The second-order valence-corrected chi connectivity index (χ2v) is 5.38. The van der Waals surface area contributed by atoms with E-state index in [9.17, 15) is 9.90 Å². The molecule has 1 aromatic heterocycles. The zero-order chi connectivity index (χ0) is 18.7. The van der Waals surface area contributed by atoms with Gasteiger partial charge in [-0.15, -0.1) is 0 Å². The number of carbonyl (C=O) groups is 1. The summed E-state index contributed by atoms with van der Waals surface area (Å²) >= 11 is 0. The Bertz CT molecular complexity index is 972. The van der Waals surface area contributed by atoms with E-state index in [1.807, 2.05) is 6.07 Å². The third kappa shape index (κ3) is 3.06. The summed E-state index contributed by atoms with van der Waals surface area (Å²) in [5, 5.41) is 13.4. The lowest BCUT2D eigenvalue weighted by molar-refractivity contribution is 0.102. The van der Waals surface area contributed by atoms with Crippen LogP contribution in [-0.2, 0) is 0 Å². The predicted octanol–water partition coefficient (Wildman–Crippen LogP) is 3.22. The third-order valence-corrected chi connectivity index (χ3v) is 3.89. The number of nitrogens with zero attached hydrogens (tertiary/aromatic N) is 1. The normalized spacial score (nSPS) is 10.4. The smallest absolute Gasteiger partial charge is 0.260 e. The molecule has 3 rings (SSSR count). The molecule has 0 unspecified atom stereocenters. The fraction of sp³-hybridized carbons (Fsp3) is 0.158. The number of amides is 1. The van der Waals surface area contributed by atoms with E-state index in [2.05, 4.69) is 10.3 Å². The minimum Gasteiger partial charge on any atom is -0.506 e. The van der Waals surface area contributed by atoms with Gasteiger partial charge in [0.05, 0.1) is 26.9 Å². The number of carbonyl (C=O) groups excluding carboxylic acids is 1. The molecular formula is C19H18N2O5. The summed E-state index contributed by atoms with van der Waals surface area (Å²) < 4.78 is 15.8. The predicted molar refractivity (Wildman–Crippen MR) is 97.5 cm³/mol. The number of aromatic hydroxyl groups is 1. The molecule has 0 aliphatic heterocycles. The molecule has 2 N–H and O–H groups in total. The Kier molecular flexibility index (Phi) is 4.79. The van der Waals surface area contributed by atoms with Crippen LogP contribution in [0.25, 0.3) is 10.9 Å². The van der Waals surface area contributed by atoms with E-state index in [0.717, 1.165) is 5.39 Å². The van der Waals surface area contributed by atoms with Gasteiger partial charge >= 0.3 is 0 Å². The van der Waals surface area contributed by atoms with Gasteiger partial charge in [0, 0.05) is 5.39 Å². The molecule has 1 amide bonds. The number of para-hydroxylation sites is 1. The first-order valence-corrected chi connectivity index (χ1v) is 7.78. The van der Waals surface area contributed by atoms with E-state index in [0.29, 0.717) is 22.8 Å². The number of hydrogen-bond donors (Lipinski definition) is 2. The highest BCUT2D eigenvalue weighted by Crippen LogP contribution is 2.40. The molecule has 0 radical (unpaired) electrons. The van der Waals surface area contributed by atoms with Crippen LogP contribution in [0, 0.1) is 0 Å². The van der Waals surface area contributed by atoms with Crippen molar-refractivity contribution in [3.8, 4) is 23.0 Å². The molecule has 0 spiro atoms. The number of benzene rings is 2. The molecule has 1 heterocycles. The Morgan fingerprint density at radius 3 is 2.42 bits per heavy atom. The molecule has 0 fully saturated rings. The second-order valence-electron chi connectivity index (χ2n) is 5.38. The lowest BCUT2D eigenvalue weighted by atomic mass is 10.1. The van der Waals surface area contributed by atoms with Crippen LogP contribution in [0.1, 0.15) is 10.4 Å². The number of rotatable bonds is 5. The quantitative estimate of drug-likeness (QED) is 0.731. The lowest BCUT2D eigenvalue weighted by Crippen LogP contribution is -2.14. The molecule has 3 aromatic rings. The molecule has 7 nitrogen and oxygen atoms in total. The van der Waals surface area contributed by atoms with Gasteiger partial charge in [0.1, 0.15) is 17.1 Å². The number of phenols is 1. The van der Waals surface area contributed by atoms with Crippen LogP contribution in [0.15, 0.2) is 42.5 Å². The van der Waals surface area contributed by atoms with Crippen molar-refractivity contribution in [3.05, 3.63) is 48.0 Å². The SMILES string of the molecule is COc1ccc(C(=O)Nc2ccc3cccc(O)c3n2)c(OC)c1OC. The summed E-state index contributed by atoms with van der Waals surface area (Å²) in [7, 11) is 4.42. The van der Waals surface area contributed by atoms with E-state index >= 15 is 0 Å². The molecular weight excluding hydrogens is 336 g/mol. The Hall–Kier alpha value is -3.48. The average molecular weight is 354 g/mol. The fourth-order valence-electron chi connectivity index (χ4n) is 2.66. The summed E-state index contributed by atoms with van der Waals surface area (Å²) in [5.74, 6) is 0.961. The van der Waals surface area contributed by atoms with Gasteiger partial charge in [0.2, 0.25) is 5.75 Å². The molecule has 2 aromatic carbocycles. The van der Waals surface area contributed by atoms with Crippen molar-refractivity contribution in [1.82, 2.24) is 4.98 Å². The first-order valence-electron chi connectivity index (χ1n) is 7.78. The lowest BCUT2D eigenvalue weighted by Gasteiger charge is -2.15. The molecule has 0 aliphatic carbocycles. The zero-order valence-electron chi connectivity index (χ0n) is 14.6. The van der Waals surface area contributed by atoms with Crippen molar-refractivity contribution >= 4 is 22.6 Å². The van der Waals surface area contributed by atoms with Gasteiger partial charge < -0.3 is 24.6 Å². The molecule has 0 bridgehead atoms. The maximum atomic E-state index is 12.7. The Morgan fingerprint density at radius 2 is 1.73 bits per heavy atom. The number of anilines is 1. The maximum absolute atomic E-state index is 12.7. The van der Waals surface area contributed by atoms with E-state index in [1.54, 1.807) is 30.3 Å². The van der Waals surface area contributed by atoms with Gasteiger partial charge in [0.15, 0.2) is 11.5 Å². The van der Waals surface area contributed by atoms with Crippen LogP contribution < -0.4 is 19.5 Å². The third-order valence-electron chi connectivity index (χ3n) is 3.89. The van der Waals surface area contributed by atoms with E-state index < -0.39 is 5.91 Å². The van der Waals surface area contributed by atoms with Gasteiger partial charge in [-0.1, -0.05) is 12.1 Å². The molecule has 0 atom stereocenters. The highest BCUT2D eigenvalue weighted by molar-refractivity contribution is 6.07. The van der Waals surface area contributed by atoms with Gasteiger partial charge in [-0.3, -0.25) is 4.79 Å².